The van der Waals surface area contributed by atoms with Crippen LogP contribution < -0.4 is 4.90 Å². The predicted octanol–water partition coefficient (Wildman–Crippen LogP) is 6.17. The molecular weight excluding hydrogens is 482 g/mol. The first-order valence-electron chi connectivity index (χ1n) is 13.8. The van der Waals surface area contributed by atoms with E-state index in [1.807, 2.05) is 12.1 Å². The molecule has 0 atom stereocenters. The van der Waals surface area contributed by atoms with Crippen molar-refractivity contribution in [3.05, 3.63) is 63.8 Å². The van der Waals surface area contributed by atoms with Gasteiger partial charge in [0.25, 0.3) is 5.92 Å². The number of ketones is 1. The number of alkyl halides is 2. The number of aromatic amines is 1. The van der Waals surface area contributed by atoms with Crippen LogP contribution in [0.4, 0.5) is 14.5 Å². The molecule has 1 aromatic heterocycles. The highest BCUT2D eigenvalue weighted by Gasteiger charge is 2.41. The highest BCUT2D eigenvalue weighted by molar-refractivity contribution is 6.20. The van der Waals surface area contributed by atoms with Crippen LogP contribution in [0.25, 0.3) is 10.9 Å². The second-order valence-corrected chi connectivity index (χ2v) is 11.7. The topological polar surface area (TPSA) is 63.1 Å². The van der Waals surface area contributed by atoms with Crippen LogP contribution >= 0.6 is 0 Å². The number of nitrogens with one attached hydrogen (secondary N) is 1. The lowest BCUT2D eigenvalue weighted by Gasteiger charge is -2.43. The minimum atomic E-state index is -2.51. The standard InChI is InChI=1S/C31H34F2N4O/c1-4-20-16-23-24(17-26(20)37-11-7-21(8-12-37)36-13-9-31(32,33)10-14-36)30(2,3)29-27(28(23)38)22-6-5-19(18-34)15-25(22)35-29/h5-6,15-17,21,35H,4,7-14H2,1-3H3. The van der Waals surface area contributed by atoms with Crippen LogP contribution in [0, 0.1) is 11.3 Å². The number of nitriles is 1. The molecule has 2 fully saturated rings. The summed E-state index contributed by atoms with van der Waals surface area (Å²) in [7, 11) is 0. The van der Waals surface area contributed by atoms with E-state index in [4.69, 9.17) is 0 Å². The van der Waals surface area contributed by atoms with Gasteiger partial charge in [0.1, 0.15) is 0 Å². The summed E-state index contributed by atoms with van der Waals surface area (Å²) < 4.78 is 27.3. The third kappa shape index (κ3) is 3.92. The Bertz CT molecular complexity index is 1460. The lowest BCUT2D eigenvalue weighted by Crippen LogP contribution is -2.49. The first kappa shape index (κ1) is 25.1. The molecule has 3 aromatic rings. The fraction of sp³-hybridized carbons (Fsp3) is 0.484. The summed E-state index contributed by atoms with van der Waals surface area (Å²) >= 11 is 0. The van der Waals surface area contributed by atoms with Crippen molar-refractivity contribution < 1.29 is 13.6 Å². The predicted molar refractivity (Wildman–Crippen MR) is 145 cm³/mol. The molecule has 3 heterocycles. The Hall–Kier alpha value is -3.24. The molecule has 198 valence electrons. The second-order valence-electron chi connectivity index (χ2n) is 11.7. The number of aryl methyl sites for hydroxylation is 1. The van der Waals surface area contributed by atoms with Crippen LogP contribution in [0.2, 0.25) is 0 Å². The van der Waals surface area contributed by atoms with Crippen molar-refractivity contribution in [3.8, 4) is 6.07 Å². The summed E-state index contributed by atoms with van der Waals surface area (Å²) in [4.78, 5) is 22.1. The molecule has 0 bridgehead atoms. The zero-order valence-electron chi connectivity index (χ0n) is 22.3. The molecule has 0 radical (unpaired) electrons. The Morgan fingerprint density at radius 2 is 1.79 bits per heavy atom. The minimum Gasteiger partial charge on any atom is -0.371 e. The zero-order chi connectivity index (χ0) is 26.8. The average Bonchev–Trinajstić information content (AvgIpc) is 3.31. The fourth-order valence-electron chi connectivity index (χ4n) is 6.84. The summed E-state index contributed by atoms with van der Waals surface area (Å²) in [5.41, 5.74) is 6.71. The van der Waals surface area contributed by atoms with E-state index in [0.29, 0.717) is 30.3 Å². The van der Waals surface area contributed by atoms with Crippen molar-refractivity contribution in [2.45, 2.75) is 70.3 Å². The summed E-state index contributed by atoms with van der Waals surface area (Å²) in [6.07, 6.45) is 2.68. The quantitative estimate of drug-likeness (QED) is 0.452. The number of carbonyl (C=O) groups excluding carboxylic acids is 1. The summed E-state index contributed by atoms with van der Waals surface area (Å²) in [5, 5.41) is 10.2. The first-order chi connectivity index (χ1) is 18.1. The Balaban J connectivity index is 1.32. The summed E-state index contributed by atoms with van der Waals surface area (Å²) in [6.45, 7) is 9.17. The van der Waals surface area contributed by atoms with Crippen molar-refractivity contribution in [2.24, 2.45) is 0 Å². The summed E-state index contributed by atoms with van der Waals surface area (Å²) in [5.74, 6) is -2.48. The van der Waals surface area contributed by atoms with E-state index in [-0.39, 0.29) is 18.6 Å². The maximum atomic E-state index is 13.9. The number of rotatable bonds is 3. The lowest BCUT2D eigenvalue weighted by molar-refractivity contribution is -0.0646. The van der Waals surface area contributed by atoms with Crippen LogP contribution in [0.15, 0.2) is 30.3 Å². The minimum absolute atomic E-state index is 0.0330. The van der Waals surface area contributed by atoms with Gasteiger partial charge in [0, 0.05) is 78.3 Å². The molecule has 0 spiro atoms. The normalized spacial score (nSPS) is 21.3. The van der Waals surface area contributed by atoms with E-state index in [0.717, 1.165) is 60.1 Å². The molecule has 1 N–H and O–H groups in total. The molecule has 38 heavy (non-hydrogen) atoms. The average molecular weight is 517 g/mol. The van der Waals surface area contributed by atoms with Gasteiger partial charge in [-0.25, -0.2) is 8.78 Å². The number of fused-ring (bicyclic) bond motifs is 4. The van der Waals surface area contributed by atoms with Crippen LogP contribution in [0.3, 0.4) is 0 Å². The zero-order valence-corrected chi connectivity index (χ0v) is 22.3. The molecule has 2 aliphatic heterocycles. The molecule has 0 unspecified atom stereocenters. The van der Waals surface area contributed by atoms with E-state index < -0.39 is 11.3 Å². The van der Waals surface area contributed by atoms with Gasteiger partial charge in [-0.3, -0.25) is 9.69 Å². The van der Waals surface area contributed by atoms with E-state index in [2.05, 4.69) is 53.8 Å². The molecule has 3 aliphatic rings. The maximum Gasteiger partial charge on any atom is 0.250 e. The van der Waals surface area contributed by atoms with E-state index in [9.17, 15) is 18.8 Å². The molecule has 1 aliphatic carbocycles. The molecule has 2 aromatic carbocycles. The number of piperidine rings is 2. The largest absolute Gasteiger partial charge is 0.371 e. The Kier molecular flexibility index (Phi) is 5.88. The number of carbonyl (C=O) groups is 1. The van der Waals surface area contributed by atoms with Gasteiger partial charge in [0.15, 0.2) is 5.78 Å². The first-order valence-corrected chi connectivity index (χ1v) is 13.8. The van der Waals surface area contributed by atoms with Gasteiger partial charge in [0.05, 0.1) is 17.2 Å². The van der Waals surface area contributed by atoms with Crippen LogP contribution in [0.1, 0.15) is 84.8 Å². The number of H-pyrrole nitrogens is 1. The number of halogens is 2. The van der Waals surface area contributed by atoms with Crippen molar-refractivity contribution >= 4 is 22.4 Å². The highest BCUT2D eigenvalue weighted by atomic mass is 19.3. The number of anilines is 1. The summed E-state index contributed by atoms with van der Waals surface area (Å²) in [6, 6.07) is 12.3. The second kappa shape index (κ2) is 8.91. The van der Waals surface area contributed by atoms with Crippen molar-refractivity contribution in [1.82, 2.24) is 9.88 Å². The van der Waals surface area contributed by atoms with Crippen LogP contribution in [0.5, 0.6) is 0 Å². The lowest BCUT2D eigenvalue weighted by atomic mass is 9.70. The van der Waals surface area contributed by atoms with E-state index >= 15 is 0 Å². The number of benzene rings is 2. The number of hydrogen-bond donors (Lipinski definition) is 1. The van der Waals surface area contributed by atoms with Gasteiger partial charge >= 0.3 is 0 Å². The Morgan fingerprint density at radius 3 is 2.45 bits per heavy atom. The molecule has 0 amide bonds. The highest BCUT2D eigenvalue weighted by Crippen LogP contribution is 2.46. The van der Waals surface area contributed by atoms with Crippen LogP contribution in [-0.4, -0.2) is 53.8 Å². The van der Waals surface area contributed by atoms with Gasteiger partial charge in [-0.1, -0.05) is 26.8 Å². The number of aromatic nitrogens is 1. The molecule has 2 saturated heterocycles. The SMILES string of the molecule is CCc1cc2c(cc1N1CCC(N3CCC(F)(F)CC3)CC1)C(C)(C)c1[nH]c3cc(C#N)ccc3c1C2=O. The smallest absolute Gasteiger partial charge is 0.250 e. The van der Waals surface area contributed by atoms with Crippen molar-refractivity contribution in [3.63, 3.8) is 0 Å². The molecule has 7 heteroatoms. The van der Waals surface area contributed by atoms with Gasteiger partial charge in [-0.15, -0.1) is 0 Å². The molecule has 6 rings (SSSR count). The maximum absolute atomic E-state index is 13.9. The molecule has 0 saturated carbocycles. The molecule has 5 nitrogen and oxygen atoms in total. The number of nitrogens with zero attached hydrogens (tertiary/aromatic N) is 3. The fourth-order valence-corrected chi connectivity index (χ4v) is 6.84. The molecular formula is C31H34F2N4O. The van der Waals surface area contributed by atoms with Gasteiger partial charge in [-0.05, 0) is 54.7 Å². The van der Waals surface area contributed by atoms with Gasteiger partial charge in [-0.2, -0.15) is 5.26 Å². The van der Waals surface area contributed by atoms with E-state index in [1.54, 1.807) is 6.07 Å². The van der Waals surface area contributed by atoms with Crippen LogP contribution in [-0.2, 0) is 11.8 Å². The number of likely N-dealkylation sites (tertiary alicyclic amines) is 1. The Morgan fingerprint density at radius 1 is 1.08 bits per heavy atom. The number of hydrogen-bond acceptors (Lipinski definition) is 4. The van der Waals surface area contributed by atoms with Crippen molar-refractivity contribution in [1.29, 1.82) is 5.26 Å². The van der Waals surface area contributed by atoms with Gasteiger partial charge < -0.3 is 9.88 Å². The third-order valence-electron chi connectivity index (χ3n) is 9.15. The van der Waals surface area contributed by atoms with E-state index in [1.165, 1.54) is 11.3 Å². The monoisotopic (exact) mass is 516 g/mol. The third-order valence-corrected chi connectivity index (χ3v) is 9.15. The Labute approximate surface area is 222 Å². The van der Waals surface area contributed by atoms with Crippen molar-refractivity contribution in [2.75, 3.05) is 31.1 Å². The van der Waals surface area contributed by atoms with Gasteiger partial charge in [0.2, 0.25) is 0 Å².